The van der Waals surface area contributed by atoms with Gasteiger partial charge in [-0.15, -0.1) is 0 Å². The van der Waals surface area contributed by atoms with Gasteiger partial charge in [0.25, 0.3) is 5.91 Å². The minimum atomic E-state index is -0.270. The molecule has 0 spiro atoms. The summed E-state index contributed by atoms with van der Waals surface area (Å²) in [6.45, 7) is 1.02. The first-order chi connectivity index (χ1) is 13.2. The van der Waals surface area contributed by atoms with E-state index in [2.05, 4.69) is 15.6 Å². The van der Waals surface area contributed by atoms with Gasteiger partial charge in [-0.3, -0.25) is 9.78 Å². The lowest BCUT2D eigenvalue weighted by Crippen LogP contribution is -2.16. The van der Waals surface area contributed by atoms with Crippen LogP contribution < -0.4 is 20.1 Å². The summed E-state index contributed by atoms with van der Waals surface area (Å²) in [4.78, 5) is 16.7. The van der Waals surface area contributed by atoms with Gasteiger partial charge in [-0.2, -0.15) is 0 Å². The minimum Gasteiger partial charge on any atom is -0.486 e. The number of aromatic nitrogens is 1. The molecule has 2 aromatic carbocycles. The highest BCUT2D eigenvalue weighted by Crippen LogP contribution is 2.32. The quantitative estimate of drug-likeness (QED) is 0.696. The van der Waals surface area contributed by atoms with E-state index in [1.165, 1.54) is 6.20 Å². The molecule has 0 saturated heterocycles. The van der Waals surface area contributed by atoms with Crippen molar-refractivity contribution in [1.82, 2.24) is 4.98 Å². The van der Waals surface area contributed by atoms with E-state index in [0.29, 0.717) is 46.7 Å². The Kier molecular flexibility index (Phi) is 4.80. The standard InChI is InChI=1S/C20H16ClN3O3/c21-14-2-1-3-15(9-14)23-17-8-13(11-22-12-17)20(25)24-16-4-5-18-19(10-16)27-7-6-26-18/h1-5,8-12,23H,6-7H2,(H,24,25). The van der Waals surface area contributed by atoms with Gasteiger partial charge in [0, 0.05) is 28.7 Å². The van der Waals surface area contributed by atoms with Crippen LogP contribution >= 0.6 is 11.6 Å². The van der Waals surface area contributed by atoms with Crippen LogP contribution in [-0.4, -0.2) is 24.1 Å². The first-order valence-electron chi connectivity index (χ1n) is 8.36. The highest BCUT2D eigenvalue weighted by molar-refractivity contribution is 6.30. The number of rotatable bonds is 4. The van der Waals surface area contributed by atoms with Crippen molar-refractivity contribution in [3.63, 3.8) is 0 Å². The number of ether oxygens (including phenoxy) is 2. The number of hydrogen-bond donors (Lipinski definition) is 2. The molecule has 2 heterocycles. The number of benzene rings is 2. The van der Waals surface area contributed by atoms with E-state index in [0.717, 1.165) is 5.69 Å². The number of amides is 1. The molecule has 1 aliphatic rings. The second-order valence-electron chi connectivity index (χ2n) is 5.91. The number of hydrogen-bond acceptors (Lipinski definition) is 5. The van der Waals surface area contributed by atoms with Crippen LogP contribution in [0.4, 0.5) is 17.1 Å². The van der Waals surface area contributed by atoms with Crippen LogP contribution in [0.3, 0.4) is 0 Å². The first kappa shape index (κ1) is 17.2. The Hall–Kier alpha value is -3.25. The molecule has 136 valence electrons. The molecule has 0 fully saturated rings. The van der Waals surface area contributed by atoms with Gasteiger partial charge in [-0.25, -0.2) is 0 Å². The summed E-state index contributed by atoms with van der Waals surface area (Å²) in [6.07, 6.45) is 3.15. The monoisotopic (exact) mass is 381 g/mol. The fourth-order valence-corrected chi connectivity index (χ4v) is 2.88. The van der Waals surface area contributed by atoms with Gasteiger partial charge >= 0.3 is 0 Å². The van der Waals surface area contributed by atoms with Crippen LogP contribution in [0.25, 0.3) is 0 Å². The highest BCUT2D eigenvalue weighted by Gasteiger charge is 2.14. The smallest absolute Gasteiger partial charge is 0.257 e. The van der Waals surface area contributed by atoms with E-state index >= 15 is 0 Å². The molecular weight excluding hydrogens is 366 g/mol. The number of nitrogens with zero attached hydrogens (tertiary/aromatic N) is 1. The molecule has 0 atom stereocenters. The van der Waals surface area contributed by atoms with Gasteiger partial charge in [0.15, 0.2) is 11.5 Å². The van der Waals surface area contributed by atoms with Crippen molar-refractivity contribution in [2.24, 2.45) is 0 Å². The Morgan fingerprint density at radius 2 is 1.78 bits per heavy atom. The molecular formula is C20H16ClN3O3. The summed E-state index contributed by atoms with van der Waals surface area (Å²) < 4.78 is 11.0. The molecule has 7 heteroatoms. The summed E-state index contributed by atoms with van der Waals surface area (Å²) >= 11 is 5.99. The second kappa shape index (κ2) is 7.55. The molecule has 6 nitrogen and oxygen atoms in total. The fourth-order valence-electron chi connectivity index (χ4n) is 2.69. The topological polar surface area (TPSA) is 72.5 Å². The minimum absolute atomic E-state index is 0.270. The van der Waals surface area contributed by atoms with Crippen molar-refractivity contribution < 1.29 is 14.3 Å². The maximum atomic E-state index is 12.6. The largest absolute Gasteiger partial charge is 0.486 e. The Balaban J connectivity index is 1.49. The Morgan fingerprint density at radius 3 is 2.63 bits per heavy atom. The summed E-state index contributed by atoms with van der Waals surface area (Å²) in [5.41, 5.74) is 2.55. The Morgan fingerprint density at radius 1 is 0.926 bits per heavy atom. The van der Waals surface area contributed by atoms with E-state index in [9.17, 15) is 4.79 Å². The van der Waals surface area contributed by atoms with Gasteiger partial charge in [0.2, 0.25) is 0 Å². The van der Waals surface area contributed by atoms with E-state index < -0.39 is 0 Å². The fraction of sp³-hybridized carbons (Fsp3) is 0.100. The van der Waals surface area contributed by atoms with Crippen molar-refractivity contribution >= 4 is 34.6 Å². The Bertz CT molecular complexity index is 994. The van der Waals surface area contributed by atoms with Gasteiger partial charge in [-0.1, -0.05) is 17.7 Å². The summed E-state index contributed by atoms with van der Waals surface area (Å²) in [7, 11) is 0. The average Bonchev–Trinajstić information content (AvgIpc) is 2.68. The lowest BCUT2D eigenvalue weighted by molar-refractivity contribution is 0.102. The number of nitrogens with one attached hydrogen (secondary N) is 2. The molecule has 2 N–H and O–H groups in total. The molecule has 1 amide bonds. The summed E-state index contributed by atoms with van der Waals surface area (Å²) in [5, 5.41) is 6.65. The average molecular weight is 382 g/mol. The zero-order valence-electron chi connectivity index (χ0n) is 14.2. The zero-order chi connectivity index (χ0) is 18.6. The van der Waals surface area contributed by atoms with Crippen LogP contribution in [-0.2, 0) is 0 Å². The number of halogens is 1. The van der Waals surface area contributed by atoms with Crippen molar-refractivity contribution in [2.45, 2.75) is 0 Å². The molecule has 0 radical (unpaired) electrons. The molecule has 4 rings (SSSR count). The lowest BCUT2D eigenvalue weighted by atomic mass is 10.2. The number of fused-ring (bicyclic) bond motifs is 1. The van der Waals surface area contributed by atoms with Gasteiger partial charge in [0.05, 0.1) is 17.4 Å². The van der Waals surface area contributed by atoms with Crippen LogP contribution in [0.5, 0.6) is 11.5 Å². The van der Waals surface area contributed by atoms with Gasteiger partial charge in [0.1, 0.15) is 13.2 Å². The normalized spacial score (nSPS) is 12.3. The first-order valence-corrected chi connectivity index (χ1v) is 8.74. The molecule has 0 aliphatic carbocycles. The second-order valence-corrected chi connectivity index (χ2v) is 6.35. The van der Waals surface area contributed by atoms with Crippen molar-refractivity contribution in [3.05, 3.63) is 71.5 Å². The van der Waals surface area contributed by atoms with Crippen molar-refractivity contribution in [1.29, 1.82) is 0 Å². The number of pyridine rings is 1. The van der Waals surface area contributed by atoms with Crippen molar-refractivity contribution in [2.75, 3.05) is 23.8 Å². The third kappa shape index (κ3) is 4.12. The highest BCUT2D eigenvalue weighted by atomic mass is 35.5. The van der Waals surface area contributed by atoms with E-state index in [-0.39, 0.29) is 5.91 Å². The lowest BCUT2D eigenvalue weighted by Gasteiger charge is -2.19. The van der Waals surface area contributed by atoms with Crippen LogP contribution in [0.1, 0.15) is 10.4 Å². The Labute approximate surface area is 161 Å². The zero-order valence-corrected chi connectivity index (χ0v) is 15.0. The molecule has 0 bridgehead atoms. The van der Waals surface area contributed by atoms with Crippen LogP contribution in [0.2, 0.25) is 5.02 Å². The van der Waals surface area contributed by atoms with Crippen molar-refractivity contribution in [3.8, 4) is 11.5 Å². The molecule has 0 saturated carbocycles. The molecule has 0 unspecified atom stereocenters. The SMILES string of the molecule is O=C(Nc1ccc2c(c1)OCCO2)c1cncc(Nc2cccc(Cl)c2)c1. The summed E-state index contributed by atoms with van der Waals surface area (Å²) in [6, 6.07) is 14.3. The molecule has 3 aromatic rings. The van der Waals surface area contributed by atoms with E-state index in [1.807, 2.05) is 12.1 Å². The molecule has 27 heavy (non-hydrogen) atoms. The maximum absolute atomic E-state index is 12.6. The van der Waals surface area contributed by atoms with Crippen LogP contribution in [0, 0.1) is 0 Å². The van der Waals surface area contributed by atoms with E-state index in [4.69, 9.17) is 21.1 Å². The van der Waals surface area contributed by atoms with Gasteiger partial charge < -0.3 is 20.1 Å². The molecule has 1 aromatic heterocycles. The summed E-state index contributed by atoms with van der Waals surface area (Å²) in [5.74, 6) is 1.02. The molecule has 1 aliphatic heterocycles. The van der Waals surface area contributed by atoms with Gasteiger partial charge in [-0.05, 0) is 36.4 Å². The predicted octanol–water partition coefficient (Wildman–Crippen LogP) is 4.50. The third-order valence-electron chi connectivity index (χ3n) is 3.91. The number of anilines is 3. The maximum Gasteiger partial charge on any atom is 0.257 e. The van der Waals surface area contributed by atoms with Crippen LogP contribution in [0.15, 0.2) is 60.9 Å². The number of carbonyl (C=O) groups is 1. The third-order valence-corrected chi connectivity index (χ3v) is 4.15. The number of carbonyl (C=O) groups excluding carboxylic acids is 1. The predicted molar refractivity (Wildman–Crippen MR) is 104 cm³/mol. The van der Waals surface area contributed by atoms with E-state index in [1.54, 1.807) is 42.6 Å².